The fraction of sp³-hybridized carbons (Fsp3) is 0.865. The Morgan fingerprint density at radius 2 is 1.70 bits per heavy atom. The molecule has 2 N–H and O–H groups in total. The fourth-order valence-electron chi connectivity index (χ4n) is 12.1. The first-order valence-electron chi connectivity index (χ1n) is 18.0. The van der Waals surface area contributed by atoms with Gasteiger partial charge in [-0.25, -0.2) is 4.79 Å². The molecule has 0 spiro atoms. The largest absolute Gasteiger partial charge is 0.462 e. The Labute approximate surface area is 279 Å². The fourth-order valence-corrected chi connectivity index (χ4v) is 12.1. The Balaban J connectivity index is 1.33. The van der Waals surface area contributed by atoms with E-state index in [0.717, 1.165) is 12.0 Å². The van der Waals surface area contributed by atoms with Crippen molar-refractivity contribution >= 4 is 17.9 Å². The maximum atomic E-state index is 12.9. The minimum Gasteiger partial charge on any atom is -0.462 e. The molecule has 0 radical (unpaired) electrons. The molecule has 0 bridgehead atoms. The van der Waals surface area contributed by atoms with E-state index in [1.165, 1.54) is 13.8 Å². The maximum absolute atomic E-state index is 12.9. The molecule has 4 aliphatic carbocycles. The summed E-state index contributed by atoms with van der Waals surface area (Å²) in [6.45, 7) is 15.6. The molecule has 0 aromatic carbocycles. The summed E-state index contributed by atoms with van der Waals surface area (Å²) in [6, 6.07) is 0. The second-order valence-corrected chi connectivity index (χ2v) is 16.3. The third-order valence-electron chi connectivity index (χ3n) is 14.4. The van der Waals surface area contributed by atoms with Gasteiger partial charge in [0.2, 0.25) is 0 Å². The molecule has 10 heteroatoms. The predicted octanol–water partition coefficient (Wildman–Crippen LogP) is 4.87. The molecule has 10 nitrogen and oxygen atoms in total. The van der Waals surface area contributed by atoms with Gasteiger partial charge in [0.05, 0.1) is 23.4 Å². The Morgan fingerprint density at radius 1 is 1.00 bits per heavy atom. The summed E-state index contributed by atoms with van der Waals surface area (Å²) < 4.78 is 30.3. The summed E-state index contributed by atoms with van der Waals surface area (Å²) in [5.74, 6) is -1.46. The topological polar surface area (TPSA) is 138 Å². The van der Waals surface area contributed by atoms with Crippen LogP contribution in [0.5, 0.6) is 0 Å². The van der Waals surface area contributed by atoms with Crippen molar-refractivity contribution in [3.8, 4) is 0 Å². The van der Waals surface area contributed by atoms with Gasteiger partial charge in [0, 0.05) is 49.0 Å². The molecule has 264 valence electrons. The summed E-state index contributed by atoms with van der Waals surface area (Å²) in [4.78, 5) is 36.9. The second kappa shape index (κ2) is 12.1. The van der Waals surface area contributed by atoms with Crippen LogP contribution >= 0.6 is 0 Å². The first-order chi connectivity index (χ1) is 22.0. The molecule has 2 heterocycles. The van der Waals surface area contributed by atoms with Gasteiger partial charge in [-0.2, -0.15) is 0 Å². The van der Waals surface area contributed by atoms with Crippen molar-refractivity contribution in [2.75, 3.05) is 6.61 Å². The van der Waals surface area contributed by atoms with Gasteiger partial charge in [-0.3, -0.25) is 9.59 Å². The number of hydrogen-bond donors (Lipinski definition) is 2. The van der Waals surface area contributed by atoms with E-state index in [9.17, 15) is 24.6 Å². The van der Waals surface area contributed by atoms with Crippen LogP contribution in [0.3, 0.4) is 0 Å². The van der Waals surface area contributed by atoms with E-state index in [1.54, 1.807) is 6.08 Å². The third-order valence-corrected chi connectivity index (χ3v) is 14.4. The number of cyclic esters (lactones) is 1. The Hall–Kier alpha value is -2.01. The zero-order valence-electron chi connectivity index (χ0n) is 29.5. The molecule has 1 saturated heterocycles. The van der Waals surface area contributed by atoms with Crippen LogP contribution in [-0.2, 0) is 38.1 Å². The summed E-state index contributed by atoms with van der Waals surface area (Å²) in [7, 11) is 0. The van der Waals surface area contributed by atoms with E-state index >= 15 is 0 Å². The zero-order valence-corrected chi connectivity index (χ0v) is 29.5. The van der Waals surface area contributed by atoms with Crippen molar-refractivity contribution < 1.29 is 48.3 Å². The number of rotatable bonds is 6. The molecule has 2 aliphatic heterocycles. The summed E-state index contributed by atoms with van der Waals surface area (Å²) in [5, 5.41) is 25.8. The van der Waals surface area contributed by atoms with Crippen molar-refractivity contribution in [2.45, 2.75) is 149 Å². The van der Waals surface area contributed by atoms with Gasteiger partial charge in [0.1, 0.15) is 12.7 Å². The standard InChI is InChI=1S/C37H56O10/c1-9-36-19(2)14-26(47-33-32(46-24(7)39)21(4)20(3)22(5)44-33)16-35(36,41)12-10-28-31(36)29(45-23(6)38)17-34(8)27(11-13-37(28,34)42)25-15-30(40)43-18-25/h15,19-22,26-29,31-33,41-42H,9-14,16-18H2,1-8H3/t19-,20-,21-,22+,26+,27-,28?,29-,31?,32-,33+,34-,35+,36-,37+/m1/s1. The van der Waals surface area contributed by atoms with Crippen LogP contribution in [-0.4, -0.2) is 76.6 Å². The molecule has 0 amide bonds. The minimum absolute atomic E-state index is 0.0311. The monoisotopic (exact) mass is 660 g/mol. The molecular weight excluding hydrogens is 604 g/mol. The number of esters is 3. The molecule has 0 aromatic heterocycles. The molecule has 4 saturated carbocycles. The van der Waals surface area contributed by atoms with Crippen molar-refractivity contribution in [1.29, 1.82) is 0 Å². The Kier molecular flexibility index (Phi) is 8.96. The van der Waals surface area contributed by atoms with E-state index < -0.39 is 40.5 Å². The van der Waals surface area contributed by atoms with Gasteiger partial charge in [0.15, 0.2) is 12.4 Å². The van der Waals surface area contributed by atoms with Crippen LogP contribution in [0, 0.1) is 46.3 Å². The van der Waals surface area contributed by atoms with Gasteiger partial charge >= 0.3 is 17.9 Å². The highest BCUT2D eigenvalue weighted by molar-refractivity contribution is 5.85. The van der Waals surface area contributed by atoms with Crippen LogP contribution < -0.4 is 0 Å². The van der Waals surface area contributed by atoms with E-state index in [2.05, 4.69) is 34.6 Å². The normalized spacial score (nSPS) is 50.8. The van der Waals surface area contributed by atoms with Gasteiger partial charge in [0.25, 0.3) is 0 Å². The quantitative estimate of drug-likeness (QED) is 0.231. The third kappa shape index (κ3) is 5.21. The first-order valence-corrected chi connectivity index (χ1v) is 18.0. The molecule has 5 fully saturated rings. The van der Waals surface area contributed by atoms with Crippen LogP contribution in [0.4, 0.5) is 0 Å². The lowest BCUT2D eigenvalue weighted by Gasteiger charge is -2.70. The second-order valence-electron chi connectivity index (χ2n) is 16.3. The number of ether oxygens (including phenoxy) is 5. The van der Waals surface area contributed by atoms with Crippen LogP contribution in [0.25, 0.3) is 0 Å². The van der Waals surface area contributed by atoms with E-state index in [1.807, 2.05) is 6.92 Å². The van der Waals surface area contributed by atoms with E-state index in [0.29, 0.717) is 44.9 Å². The SMILES string of the molecule is CC[C@@]12C3C(CC[C@]1(O)C[C@@H](O[C@@H]1O[C@@H](C)[C@H](C)[C@@H](C)[C@H]1OC(C)=O)C[C@H]2C)[C@@]1(O)CC[C@H](C2=CC(=O)OC2)[C@@]1(C)C[C@H]3OC(C)=O. The van der Waals surface area contributed by atoms with Crippen molar-refractivity contribution in [3.05, 3.63) is 11.6 Å². The lowest BCUT2D eigenvalue weighted by molar-refractivity contribution is -0.325. The molecular formula is C37H56O10. The van der Waals surface area contributed by atoms with Crippen molar-refractivity contribution in [2.24, 2.45) is 46.3 Å². The number of carbonyl (C=O) groups excluding carboxylic acids is 3. The van der Waals surface area contributed by atoms with Gasteiger partial charge in [-0.1, -0.05) is 34.6 Å². The predicted molar refractivity (Wildman–Crippen MR) is 170 cm³/mol. The van der Waals surface area contributed by atoms with Gasteiger partial charge in [-0.05, 0) is 81.1 Å². The highest BCUT2D eigenvalue weighted by atomic mass is 16.7. The molecule has 6 aliphatic rings. The summed E-state index contributed by atoms with van der Waals surface area (Å²) in [5.41, 5.74) is -2.56. The van der Waals surface area contributed by atoms with Gasteiger partial charge < -0.3 is 33.9 Å². The highest BCUT2D eigenvalue weighted by Crippen LogP contribution is 2.72. The van der Waals surface area contributed by atoms with Crippen LogP contribution in [0.2, 0.25) is 0 Å². The lowest BCUT2D eigenvalue weighted by Crippen LogP contribution is -2.73. The molecule has 15 atom stereocenters. The first kappa shape index (κ1) is 34.8. The molecule has 2 unspecified atom stereocenters. The van der Waals surface area contributed by atoms with E-state index in [4.69, 9.17) is 23.7 Å². The number of hydrogen-bond acceptors (Lipinski definition) is 10. The maximum Gasteiger partial charge on any atom is 0.331 e. The zero-order chi connectivity index (χ0) is 34.3. The Morgan fingerprint density at radius 3 is 2.32 bits per heavy atom. The van der Waals surface area contributed by atoms with Gasteiger partial charge in [-0.15, -0.1) is 0 Å². The summed E-state index contributed by atoms with van der Waals surface area (Å²) >= 11 is 0. The van der Waals surface area contributed by atoms with E-state index in [-0.39, 0.29) is 72.2 Å². The average Bonchev–Trinajstić information content (AvgIpc) is 3.52. The number of fused-ring (bicyclic) bond motifs is 5. The number of carbonyl (C=O) groups is 3. The summed E-state index contributed by atoms with van der Waals surface area (Å²) in [6.07, 6.45) is 3.82. The minimum atomic E-state index is -1.14. The molecule has 6 rings (SSSR count). The smallest absolute Gasteiger partial charge is 0.331 e. The van der Waals surface area contributed by atoms with Crippen molar-refractivity contribution in [3.63, 3.8) is 0 Å². The molecule has 47 heavy (non-hydrogen) atoms. The molecule has 0 aromatic rings. The average molecular weight is 661 g/mol. The van der Waals surface area contributed by atoms with Crippen LogP contribution in [0.15, 0.2) is 11.6 Å². The number of aliphatic hydroxyl groups is 2. The highest BCUT2D eigenvalue weighted by Gasteiger charge is 2.75. The lowest BCUT2D eigenvalue weighted by atomic mass is 9.38. The van der Waals surface area contributed by atoms with Crippen LogP contribution in [0.1, 0.15) is 107 Å². The van der Waals surface area contributed by atoms with Crippen molar-refractivity contribution in [1.82, 2.24) is 0 Å². The Bertz CT molecular complexity index is 1300.